The molecule has 0 aliphatic carbocycles. The van der Waals surface area contributed by atoms with Gasteiger partial charge in [0.25, 0.3) is 0 Å². The molecular formula is C16H18N6OS2. The molecule has 0 fully saturated rings. The molecule has 9 heteroatoms. The Kier molecular flexibility index (Phi) is 5.67. The van der Waals surface area contributed by atoms with E-state index in [1.54, 1.807) is 16.9 Å². The summed E-state index contributed by atoms with van der Waals surface area (Å²) in [5.74, 6) is 0.868. The third-order valence-corrected chi connectivity index (χ3v) is 5.16. The maximum atomic E-state index is 12.1. The lowest BCUT2D eigenvalue weighted by Crippen LogP contribution is -2.18. The zero-order valence-corrected chi connectivity index (χ0v) is 15.5. The van der Waals surface area contributed by atoms with Crippen molar-refractivity contribution in [3.8, 4) is 0 Å². The summed E-state index contributed by atoms with van der Waals surface area (Å²) >= 11 is 2.78. The molecule has 3 aromatic rings. The fourth-order valence-electron chi connectivity index (χ4n) is 2.09. The molecule has 0 atom stereocenters. The summed E-state index contributed by atoms with van der Waals surface area (Å²) in [5.41, 5.74) is 0.954. The van der Waals surface area contributed by atoms with Gasteiger partial charge in [0.2, 0.25) is 11.0 Å². The van der Waals surface area contributed by atoms with Gasteiger partial charge in [-0.15, -0.1) is 10.2 Å². The number of carbonyl (C=O) groups is 1. The number of hydrogen-bond acceptors (Lipinski definition) is 7. The van der Waals surface area contributed by atoms with Crippen molar-refractivity contribution in [3.05, 3.63) is 42.6 Å². The highest BCUT2D eigenvalue weighted by molar-refractivity contribution is 8.01. The van der Waals surface area contributed by atoms with Crippen molar-refractivity contribution >= 4 is 45.6 Å². The van der Waals surface area contributed by atoms with Gasteiger partial charge in [-0.3, -0.25) is 4.79 Å². The molecule has 0 radical (unpaired) electrons. The first-order chi connectivity index (χ1) is 12.1. The van der Waals surface area contributed by atoms with E-state index in [0.717, 1.165) is 10.0 Å². The highest BCUT2D eigenvalue weighted by atomic mass is 32.2. The van der Waals surface area contributed by atoms with Crippen LogP contribution in [-0.2, 0) is 4.79 Å². The van der Waals surface area contributed by atoms with E-state index in [4.69, 9.17) is 0 Å². The Hall–Kier alpha value is -2.39. The highest BCUT2D eigenvalue weighted by Crippen LogP contribution is 2.27. The normalized spacial score (nSPS) is 10.8. The molecule has 130 valence electrons. The average Bonchev–Trinajstić information content (AvgIpc) is 3.23. The Morgan fingerprint density at radius 1 is 1.24 bits per heavy atom. The number of aromatic nitrogens is 4. The molecule has 0 unspecified atom stereocenters. The van der Waals surface area contributed by atoms with Gasteiger partial charge in [0, 0.05) is 17.8 Å². The van der Waals surface area contributed by atoms with Crippen LogP contribution >= 0.6 is 23.1 Å². The van der Waals surface area contributed by atoms with Crippen molar-refractivity contribution in [2.45, 2.75) is 24.2 Å². The van der Waals surface area contributed by atoms with Crippen molar-refractivity contribution in [1.29, 1.82) is 0 Å². The summed E-state index contributed by atoms with van der Waals surface area (Å²) in [4.78, 5) is 12.1. The Morgan fingerprint density at radius 3 is 2.80 bits per heavy atom. The smallest absolute Gasteiger partial charge is 0.235 e. The van der Waals surface area contributed by atoms with Gasteiger partial charge in [0.05, 0.1) is 11.9 Å². The van der Waals surface area contributed by atoms with E-state index >= 15 is 0 Å². The molecule has 0 saturated heterocycles. The van der Waals surface area contributed by atoms with Crippen LogP contribution in [0.5, 0.6) is 0 Å². The summed E-state index contributed by atoms with van der Waals surface area (Å²) in [6, 6.07) is 11.7. The van der Waals surface area contributed by atoms with Crippen molar-refractivity contribution < 1.29 is 4.79 Å². The van der Waals surface area contributed by atoms with E-state index in [9.17, 15) is 4.79 Å². The molecule has 2 heterocycles. The lowest BCUT2D eigenvalue weighted by Gasteiger charge is -2.11. The summed E-state index contributed by atoms with van der Waals surface area (Å²) < 4.78 is 2.51. The fraction of sp³-hybridized carbons (Fsp3) is 0.250. The number of carbonyl (C=O) groups excluding carboxylic acids is 1. The lowest BCUT2D eigenvalue weighted by atomic mass is 10.3. The number of thioether (sulfide) groups is 1. The van der Waals surface area contributed by atoms with E-state index in [-0.39, 0.29) is 17.7 Å². The molecule has 0 saturated carbocycles. The van der Waals surface area contributed by atoms with Gasteiger partial charge in [-0.25, -0.2) is 4.68 Å². The third-order valence-electron chi connectivity index (χ3n) is 3.19. The molecule has 7 nitrogen and oxygen atoms in total. The zero-order chi connectivity index (χ0) is 17.6. The van der Waals surface area contributed by atoms with Crippen LogP contribution in [0.1, 0.15) is 19.9 Å². The van der Waals surface area contributed by atoms with Gasteiger partial charge in [0.15, 0.2) is 4.34 Å². The van der Waals surface area contributed by atoms with Gasteiger partial charge in [-0.05, 0) is 26.0 Å². The van der Waals surface area contributed by atoms with Crippen LogP contribution in [-0.4, -0.2) is 31.6 Å². The largest absolute Gasteiger partial charge is 0.330 e. The number of nitrogens with zero attached hydrogens (tertiary/aromatic N) is 4. The summed E-state index contributed by atoms with van der Waals surface area (Å²) in [6.45, 7) is 4.03. The van der Waals surface area contributed by atoms with Crippen molar-refractivity contribution in [3.63, 3.8) is 0 Å². The lowest BCUT2D eigenvalue weighted by molar-refractivity contribution is -0.113. The van der Waals surface area contributed by atoms with Gasteiger partial charge < -0.3 is 10.6 Å². The average molecular weight is 374 g/mol. The molecular weight excluding hydrogens is 356 g/mol. The van der Waals surface area contributed by atoms with Crippen LogP contribution in [0, 0.1) is 0 Å². The first kappa shape index (κ1) is 17.4. The Morgan fingerprint density at radius 2 is 2.04 bits per heavy atom. The monoisotopic (exact) mass is 374 g/mol. The van der Waals surface area contributed by atoms with Crippen molar-refractivity contribution in [2.24, 2.45) is 0 Å². The molecule has 2 aromatic heterocycles. The van der Waals surface area contributed by atoms with Crippen LogP contribution < -0.4 is 10.6 Å². The molecule has 3 rings (SSSR count). The summed E-state index contributed by atoms with van der Waals surface area (Å²) in [6.07, 6.45) is 1.68. The molecule has 0 bridgehead atoms. The molecule has 0 aliphatic rings. The maximum absolute atomic E-state index is 12.1. The minimum atomic E-state index is -0.0971. The van der Waals surface area contributed by atoms with Gasteiger partial charge in [0.1, 0.15) is 5.82 Å². The van der Waals surface area contributed by atoms with Crippen LogP contribution in [0.25, 0.3) is 0 Å². The first-order valence-corrected chi connectivity index (χ1v) is 9.54. The van der Waals surface area contributed by atoms with Crippen molar-refractivity contribution in [1.82, 2.24) is 20.0 Å². The molecule has 0 aliphatic heterocycles. The van der Waals surface area contributed by atoms with Crippen LogP contribution in [0.3, 0.4) is 0 Å². The second kappa shape index (κ2) is 8.13. The van der Waals surface area contributed by atoms with E-state index in [2.05, 4.69) is 25.9 Å². The second-order valence-electron chi connectivity index (χ2n) is 5.46. The quantitative estimate of drug-likeness (QED) is 0.612. The summed E-state index contributed by atoms with van der Waals surface area (Å²) in [7, 11) is 0. The van der Waals surface area contributed by atoms with Gasteiger partial charge >= 0.3 is 0 Å². The Balaban J connectivity index is 1.52. The third kappa shape index (κ3) is 4.80. The predicted octanol–water partition coefficient (Wildman–Crippen LogP) is 3.79. The highest BCUT2D eigenvalue weighted by Gasteiger charge is 2.12. The Bertz CT molecular complexity index is 830. The minimum absolute atomic E-state index is 0.0971. The van der Waals surface area contributed by atoms with Crippen LogP contribution in [0.4, 0.5) is 16.6 Å². The number of para-hydroxylation sites is 1. The van der Waals surface area contributed by atoms with E-state index in [1.165, 1.54) is 23.1 Å². The van der Waals surface area contributed by atoms with E-state index in [1.807, 2.05) is 44.2 Å². The van der Waals surface area contributed by atoms with Gasteiger partial charge in [-0.2, -0.15) is 5.10 Å². The number of hydrogen-bond donors (Lipinski definition) is 2. The molecule has 2 N–H and O–H groups in total. The number of nitrogens with one attached hydrogen (secondary N) is 2. The molecule has 1 aromatic carbocycles. The molecule has 0 spiro atoms. The van der Waals surface area contributed by atoms with Crippen molar-refractivity contribution in [2.75, 3.05) is 16.4 Å². The second-order valence-corrected chi connectivity index (χ2v) is 7.66. The first-order valence-electron chi connectivity index (χ1n) is 7.73. The standard InChI is InChI=1S/C16H18N6OS2/c1-11(2)22-13(8-9-17-22)19-14(23)10-24-16-21-20-15(25-16)18-12-6-4-3-5-7-12/h3-9,11H,10H2,1-2H3,(H,18,20)(H,19,23). The van der Waals surface area contributed by atoms with E-state index in [0.29, 0.717) is 10.9 Å². The number of benzene rings is 1. The molecule has 1 amide bonds. The topological polar surface area (TPSA) is 84.7 Å². The van der Waals surface area contributed by atoms with E-state index < -0.39 is 0 Å². The number of amides is 1. The Labute approximate surface area is 153 Å². The maximum Gasteiger partial charge on any atom is 0.235 e. The zero-order valence-electron chi connectivity index (χ0n) is 13.8. The summed E-state index contributed by atoms with van der Waals surface area (Å²) in [5, 5.41) is 19.1. The fourth-order valence-corrected chi connectivity index (χ4v) is 3.67. The predicted molar refractivity (Wildman–Crippen MR) is 102 cm³/mol. The van der Waals surface area contributed by atoms with Gasteiger partial charge in [-0.1, -0.05) is 41.3 Å². The molecule has 25 heavy (non-hydrogen) atoms. The van der Waals surface area contributed by atoms with Crippen LogP contribution in [0.2, 0.25) is 0 Å². The number of rotatable bonds is 7. The number of anilines is 3. The minimum Gasteiger partial charge on any atom is -0.330 e. The van der Waals surface area contributed by atoms with Crippen LogP contribution in [0.15, 0.2) is 46.9 Å². The SMILES string of the molecule is CC(C)n1nccc1NC(=O)CSc1nnc(Nc2ccccc2)s1.